The first-order chi connectivity index (χ1) is 16.0. The molecular weight excluding hydrogens is 497 g/mol. The number of aryl methyl sites for hydroxylation is 1. The zero-order valence-electron chi connectivity index (χ0n) is 19.8. The summed E-state index contributed by atoms with van der Waals surface area (Å²) in [7, 11) is -3.78. The van der Waals surface area contributed by atoms with Gasteiger partial charge in [-0.05, 0) is 49.1 Å². The third-order valence-electron chi connectivity index (χ3n) is 5.37. The van der Waals surface area contributed by atoms with Crippen molar-refractivity contribution in [1.29, 1.82) is 0 Å². The molecule has 0 unspecified atom stereocenters. The van der Waals surface area contributed by atoms with Crippen LogP contribution in [-0.2, 0) is 32.6 Å². The van der Waals surface area contributed by atoms with Gasteiger partial charge in [0, 0.05) is 13.1 Å². The van der Waals surface area contributed by atoms with E-state index in [-0.39, 0.29) is 12.5 Å². The highest BCUT2D eigenvalue weighted by atomic mass is 35.5. The van der Waals surface area contributed by atoms with Gasteiger partial charge in [-0.1, -0.05) is 61.3 Å². The SMILES string of the molecule is CCCNC(=O)[C@H](C)N(Cc1ccc(Cl)c(Cl)c1)C(=O)CN(c1ccccc1CC)S(C)(=O)=O. The summed E-state index contributed by atoms with van der Waals surface area (Å²) >= 11 is 12.2. The number of hydrogen-bond acceptors (Lipinski definition) is 4. The van der Waals surface area contributed by atoms with Crippen molar-refractivity contribution in [2.24, 2.45) is 0 Å². The van der Waals surface area contributed by atoms with E-state index in [1.165, 1.54) is 4.90 Å². The summed E-state index contributed by atoms with van der Waals surface area (Å²) in [6.45, 7) is 5.55. The van der Waals surface area contributed by atoms with Crippen LogP contribution in [0.5, 0.6) is 0 Å². The highest BCUT2D eigenvalue weighted by molar-refractivity contribution is 7.92. The fourth-order valence-electron chi connectivity index (χ4n) is 3.46. The van der Waals surface area contributed by atoms with Crippen molar-refractivity contribution in [3.63, 3.8) is 0 Å². The molecule has 2 aromatic carbocycles. The molecule has 2 rings (SSSR count). The minimum atomic E-state index is -3.78. The van der Waals surface area contributed by atoms with Gasteiger partial charge in [0.1, 0.15) is 12.6 Å². The second-order valence-electron chi connectivity index (χ2n) is 7.99. The number of sulfonamides is 1. The Morgan fingerprint density at radius 2 is 1.74 bits per heavy atom. The first kappa shape index (κ1) is 28.0. The van der Waals surface area contributed by atoms with E-state index in [2.05, 4.69) is 5.32 Å². The van der Waals surface area contributed by atoms with Gasteiger partial charge in [-0.15, -0.1) is 0 Å². The van der Waals surface area contributed by atoms with Crippen LogP contribution in [0.15, 0.2) is 42.5 Å². The summed E-state index contributed by atoms with van der Waals surface area (Å²) in [6.07, 6.45) is 2.40. The Bertz CT molecular complexity index is 1120. The van der Waals surface area contributed by atoms with Crippen LogP contribution in [0, 0.1) is 0 Å². The van der Waals surface area contributed by atoms with E-state index in [9.17, 15) is 18.0 Å². The van der Waals surface area contributed by atoms with Crippen molar-refractivity contribution in [2.45, 2.75) is 46.2 Å². The molecule has 0 saturated heterocycles. The molecule has 1 atom stereocenters. The summed E-state index contributed by atoms with van der Waals surface area (Å²) in [5.41, 5.74) is 1.90. The molecule has 1 N–H and O–H groups in total. The van der Waals surface area contributed by atoms with Crippen molar-refractivity contribution in [1.82, 2.24) is 10.2 Å². The van der Waals surface area contributed by atoms with Gasteiger partial charge >= 0.3 is 0 Å². The van der Waals surface area contributed by atoms with Crippen molar-refractivity contribution in [2.75, 3.05) is 23.7 Å². The number of rotatable bonds is 11. The normalized spacial score (nSPS) is 12.2. The smallest absolute Gasteiger partial charge is 0.244 e. The maximum Gasteiger partial charge on any atom is 0.244 e. The van der Waals surface area contributed by atoms with E-state index in [4.69, 9.17) is 23.2 Å². The molecule has 10 heteroatoms. The number of nitrogens with zero attached hydrogens (tertiary/aromatic N) is 2. The van der Waals surface area contributed by atoms with Gasteiger partial charge in [0.25, 0.3) is 0 Å². The molecule has 0 spiro atoms. The Morgan fingerprint density at radius 3 is 2.32 bits per heavy atom. The van der Waals surface area contributed by atoms with E-state index in [0.29, 0.717) is 34.3 Å². The monoisotopic (exact) mass is 527 g/mol. The molecule has 0 fully saturated rings. The Labute approximate surface area is 212 Å². The van der Waals surface area contributed by atoms with E-state index >= 15 is 0 Å². The van der Waals surface area contributed by atoms with Crippen LogP contribution in [0.1, 0.15) is 38.3 Å². The van der Waals surface area contributed by atoms with Crippen LogP contribution in [0.3, 0.4) is 0 Å². The molecule has 186 valence electrons. The Hall–Kier alpha value is -2.29. The molecule has 7 nitrogen and oxygen atoms in total. The largest absolute Gasteiger partial charge is 0.354 e. The van der Waals surface area contributed by atoms with Gasteiger partial charge in [0.15, 0.2) is 0 Å². The summed E-state index contributed by atoms with van der Waals surface area (Å²) in [4.78, 5) is 27.6. The quantitative estimate of drug-likeness (QED) is 0.472. The lowest BCUT2D eigenvalue weighted by atomic mass is 10.1. The predicted octanol–water partition coefficient (Wildman–Crippen LogP) is 4.27. The first-order valence-corrected chi connectivity index (χ1v) is 13.7. The lowest BCUT2D eigenvalue weighted by Gasteiger charge is -2.32. The van der Waals surface area contributed by atoms with Crippen molar-refractivity contribution >= 4 is 50.7 Å². The van der Waals surface area contributed by atoms with Crippen LogP contribution >= 0.6 is 23.2 Å². The maximum atomic E-state index is 13.5. The molecule has 2 amide bonds. The van der Waals surface area contributed by atoms with E-state index in [0.717, 1.165) is 22.5 Å². The Morgan fingerprint density at radius 1 is 1.06 bits per heavy atom. The van der Waals surface area contributed by atoms with E-state index < -0.39 is 28.5 Å². The second kappa shape index (κ2) is 12.4. The van der Waals surface area contributed by atoms with Crippen molar-refractivity contribution < 1.29 is 18.0 Å². The lowest BCUT2D eigenvalue weighted by Crippen LogP contribution is -2.51. The Balaban J connectivity index is 2.43. The van der Waals surface area contributed by atoms with Crippen molar-refractivity contribution in [3.8, 4) is 0 Å². The number of halogens is 2. The summed E-state index contributed by atoms with van der Waals surface area (Å²) in [5, 5.41) is 3.49. The first-order valence-electron chi connectivity index (χ1n) is 11.1. The molecule has 0 radical (unpaired) electrons. The van der Waals surface area contributed by atoms with Crippen LogP contribution in [0.25, 0.3) is 0 Å². The fraction of sp³-hybridized carbons (Fsp3) is 0.417. The van der Waals surface area contributed by atoms with Crippen LogP contribution in [0.4, 0.5) is 5.69 Å². The highest BCUT2D eigenvalue weighted by Gasteiger charge is 2.30. The average Bonchev–Trinajstić information content (AvgIpc) is 2.80. The fourth-order valence-corrected chi connectivity index (χ4v) is 4.66. The molecular formula is C24H31Cl2N3O4S. The predicted molar refractivity (Wildman–Crippen MR) is 138 cm³/mol. The van der Waals surface area contributed by atoms with Crippen LogP contribution in [-0.4, -0.2) is 50.5 Å². The summed E-state index contributed by atoms with van der Waals surface area (Å²) in [6, 6.07) is 11.2. The van der Waals surface area contributed by atoms with E-state index in [1.807, 2.05) is 26.0 Å². The standard InChI is InChI=1S/C24H31Cl2N3O4S/c1-5-13-27-24(31)17(3)28(15-18-11-12-20(25)21(26)14-18)23(30)16-29(34(4,32)33)22-10-8-7-9-19(22)6-2/h7-12,14,17H,5-6,13,15-16H2,1-4H3,(H,27,31)/t17-/m0/s1. The zero-order chi connectivity index (χ0) is 25.5. The summed E-state index contributed by atoms with van der Waals surface area (Å²) < 4.78 is 26.5. The van der Waals surface area contributed by atoms with Gasteiger partial charge in [-0.25, -0.2) is 8.42 Å². The number of anilines is 1. The minimum absolute atomic E-state index is 0.0590. The zero-order valence-corrected chi connectivity index (χ0v) is 22.2. The van der Waals surface area contributed by atoms with Gasteiger partial charge in [0.05, 0.1) is 22.0 Å². The lowest BCUT2D eigenvalue weighted by molar-refractivity contribution is -0.139. The average molecular weight is 529 g/mol. The number of carbonyl (C=O) groups is 2. The molecule has 0 aliphatic heterocycles. The van der Waals surface area contributed by atoms with E-state index in [1.54, 1.807) is 37.3 Å². The highest BCUT2D eigenvalue weighted by Crippen LogP contribution is 2.26. The molecule has 0 saturated carbocycles. The molecule has 34 heavy (non-hydrogen) atoms. The Kier molecular flexibility index (Phi) is 10.2. The number of para-hydroxylation sites is 1. The number of hydrogen-bond donors (Lipinski definition) is 1. The topological polar surface area (TPSA) is 86.8 Å². The molecule has 0 aromatic heterocycles. The van der Waals surface area contributed by atoms with Gasteiger partial charge in [-0.2, -0.15) is 0 Å². The number of amides is 2. The molecule has 2 aromatic rings. The number of benzene rings is 2. The number of carbonyl (C=O) groups excluding carboxylic acids is 2. The van der Waals surface area contributed by atoms with Gasteiger partial charge in [0.2, 0.25) is 21.8 Å². The van der Waals surface area contributed by atoms with Gasteiger partial charge < -0.3 is 10.2 Å². The molecule has 0 aliphatic carbocycles. The molecule has 0 bridgehead atoms. The van der Waals surface area contributed by atoms with Crippen LogP contribution < -0.4 is 9.62 Å². The maximum absolute atomic E-state index is 13.5. The third kappa shape index (κ3) is 7.35. The summed E-state index contributed by atoms with van der Waals surface area (Å²) in [5.74, 6) is -0.836. The molecule has 0 heterocycles. The minimum Gasteiger partial charge on any atom is -0.354 e. The van der Waals surface area contributed by atoms with Crippen molar-refractivity contribution in [3.05, 3.63) is 63.6 Å². The molecule has 0 aliphatic rings. The van der Waals surface area contributed by atoms with Gasteiger partial charge in [-0.3, -0.25) is 13.9 Å². The number of nitrogens with one attached hydrogen (secondary N) is 1. The second-order valence-corrected chi connectivity index (χ2v) is 10.7. The van der Waals surface area contributed by atoms with Crippen LogP contribution in [0.2, 0.25) is 10.0 Å². The third-order valence-corrected chi connectivity index (χ3v) is 7.24.